The van der Waals surface area contributed by atoms with Crippen molar-refractivity contribution in [1.82, 2.24) is 39.0 Å². The minimum absolute atomic E-state index is 0.0519. The highest BCUT2D eigenvalue weighted by Gasteiger charge is 2.31. The second-order valence-corrected chi connectivity index (χ2v) is 14.9. The average molecular weight is 745 g/mol. The monoisotopic (exact) mass is 744 g/mol. The Morgan fingerprint density at radius 1 is 0.868 bits per heavy atom. The predicted molar refractivity (Wildman–Crippen MR) is 200 cm³/mol. The number of benzene rings is 1. The number of ether oxygens (including phenoxy) is 1. The molecule has 5 heterocycles. The number of pyridine rings is 1. The standard InChI is InChI=1S/C37H45ClN10O5/c1-23-28(22-48(43-23)31-10-8-26(20-39-31)42-36(52)53-37(2,3)4)30-21-40-32(45(30)6)33(49)41-25-7-9-27(29(38)19-25)35(51)47-17-15-46(16-18-47)34(50)24-11-13-44(5)14-12-24/h7-10,19-22,24H,11-18H2,1-6H3,(H,41,49)(H,42,52). The normalized spacial score (nSPS) is 15.7. The molecule has 280 valence electrons. The number of piperazine rings is 1. The highest BCUT2D eigenvalue weighted by molar-refractivity contribution is 6.34. The second kappa shape index (κ2) is 15.4. The Hall–Kier alpha value is -5.28. The van der Waals surface area contributed by atoms with Crippen molar-refractivity contribution in [3.63, 3.8) is 0 Å². The van der Waals surface area contributed by atoms with Gasteiger partial charge in [0.15, 0.2) is 11.6 Å². The number of carbonyl (C=O) groups excluding carboxylic acids is 4. The number of aromatic nitrogens is 5. The molecule has 0 aliphatic carbocycles. The van der Waals surface area contributed by atoms with Crippen molar-refractivity contribution in [2.75, 3.05) is 56.9 Å². The van der Waals surface area contributed by atoms with Crippen LogP contribution in [0.4, 0.5) is 16.2 Å². The fraction of sp³-hybridized carbons (Fsp3) is 0.432. The highest BCUT2D eigenvalue weighted by Crippen LogP contribution is 2.27. The summed E-state index contributed by atoms with van der Waals surface area (Å²) in [6, 6.07) is 8.20. The maximum Gasteiger partial charge on any atom is 0.412 e. The minimum Gasteiger partial charge on any atom is -0.444 e. The van der Waals surface area contributed by atoms with E-state index in [1.54, 1.807) is 84.7 Å². The number of anilines is 2. The summed E-state index contributed by atoms with van der Waals surface area (Å²) in [6.45, 7) is 10.9. The number of nitrogens with zero attached hydrogens (tertiary/aromatic N) is 8. The van der Waals surface area contributed by atoms with Crippen LogP contribution < -0.4 is 10.6 Å². The molecule has 2 fully saturated rings. The molecule has 4 amide bonds. The van der Waals surface area contributed by atoms with E-state index in [-0.39, 0.29) is 28.6 Å². The first-order valence-electron chi connectivity index (χ1n) is 17.6. The van der Waals surface area contributed by atoms with Crippen LogP contribution in [0.2, 0.25) is 5.02 Å². The number of halogens is 1. The van der Waals surface area contributed by atoms with Gasteiger partial charge < -0.3 is 29.3 Å². The largest absolute Gasteiger partial charge is 0.444 e. The van der Waals surface area contributed by atoms with E-state index in [9.17, 15) is 19.2 Å². The van der Waals surface area contributed by atoms with Crippen LogP contribution in [0.15, 0.2) is 48.9 Å². The first kappa shape index (κ1) is 37.5. The van der Waals surface area contributed by atoms with Crippen molar-refractivity contribution in [2.45, 2.75) is 46.1 Å². The van der Waals surface area contributed by atoms with Crippen molar-refractivity contribution in [3.05, 3.63) is 71.0 Å². The number of carbonyl (C=O) groups is 4. The molecule has 0 unspecified atom stereocenters. The lowest BCUT2D eigenvalue weighted by Crippen LogP contribution is -2.52. The Labute approximate surface area is 313 Å². The molecular weight excluding hydrogens is 700 g/mol. The van der Waals surface area contributed by atoms with E-state index >= 15 is 0 Å². The van der Waals surface area contributed by atoms with Gasteiger partial charge in [0, 0.05) is 56.6 Å². The van der Waals surface area contributed by atoms with Crippen molar-refractivity contribution < 1.29 is 23.9 Å². The van der Waals surface area contributed by atoms with E-state index in [2.05, 4.69) is 37.6 Å². The van der Waals surface area contributed by atoms with E-state index in [0.29, 0.717) is 60.3 Å². The van der Waals surface area contributed by atoms with Crippen LogP contribution in [0.25, 0.3) is 17.1 Å². The molecule has 2 saturated heterocycles. The lowest BCUT2D eigenvalue weighted by atomic mass is 9.95. The summed E-state index contributed by atoms with van der Waals surface area (Å²) in [7, 11) is 3.81. The predicted octanol–water partition coefficient (Wildman–Crippen LogP) is 4.86. The maximum atomic E-state index is 13.4. The molecule has 2 aliphatic heterocycles. The third-order valence-corrected chi connectivity index (χ3v) is 9.71. The lowest BCUT2D eigenvalue weighted by molar-refractivity contribution is -0.138. The van der Waals surface area contributed by atoms with Gasteiger partial charge in [0.05, 0.1) is 40.1 Å². The van der Waals surface area contributed by atoms with Gasteiger partial charge in [-0.05, 0) is 91.0 Å². The number of nitrogens with one attached hydrogen (secondary N) is 2. The summed E-state index contributed by atoms with van der Waals surface area (Å²) < 4.78 is 8.56. The van der Waals surface area contributed by atoms with Crippen molar-refractivity contribution in [2.24, 2.45) is 13.0 Å². The van der Waals surface area contributed by atoms with E-state index in [0.717, 1.165) is 31.5 Å². The number of likely N-dealkylation sites (tertiary alicyclic amines) is 1. The third-order valence-electron chi connectivity index (χ3n) is 9.40. The number of rotatable bonds is 7. The molecule has 1 aromatic carbocycles. The molecule has 15 nitrogen and oxygen atoms in total. The summed E-state index contributed by atoms with van der Waals surface area (Å²) >= 11 is 6.58. The zero-order valence-corrected chi connectivity index (χ0v) is 31.6. The van der Waals surface area contributed by atoms with Crippen molar-refractivity contribution in [1.29, 1.82) is 0 Å². The fourth-order valence-electron chi connectivity index (χ4n) is 6.48. The van der Waals surface area contributed by atoms with Gasteiger partial charge in [0.25, 0.3) is 11.8 Å². The summed E-state index contributed by atoms with van der Waals surface area (Å²) in [4.78, 5) is 66.5. The smallest absolute Gasteiger partial charge is 0.412 e. The van der Waals surface area contributed by atoms with Crippen LogP contribution in [0.1, 0.15) is 60.3 Å². The Kier molecular flexibility index (Phi) is 10.9. The van der Waals surface area contributed by atoms with Gasteiger partial charge in [-0.15, -0.1) is 0 Å². The summed E-state index contributed by atoms with van der Waals surface area (Å²) in [5.41, 5.74) is 2.69. The molecule has 0 saturated carbocycles. The number of imidazole rings is 1. The zero-order valence-electron chi connectivity index (χ0n) is 30.8. The third kappa shape index (κ3) is 8.69. The number of hydrogen-bond acceptors (Lipinski definition) is 9. The van der Waals surface area contributed by atoms with Gasteiger partial charge in [-0.25, -0.2) is 19.4 Å². The molecule has 0 bridgehead atoms. The van der Waals surface area contributed by atoms with Crippen LogP contribution >= 0.6 is 11.6 Å². The Balaban J connectivity index is 1.06. The number of aryl methyl sites for hydroxylation is 1. The van der Waals surface area contributed by atoms with Crippen molar-refractivity contribution in [3.8, 4) is 17.1 Å². The quantitative estimate of drug-likeness (QED) is 0.270. The van der Waals surface area contributed by atoms with E-state index in [4.69, 9.17) is 16.3 Å². The Morgan fingerprint density at radius 3 is 2.19 bits per heavy atom. The van der Waals surface area contributed by atoms with Gasteiger partial charge in [0.1, 0.15) is 5.60 Å². The average Bonchev–Trinajstić information content (AvgIpc) is 3.69. The van der Waals surface area contributed by atoms with Crippen LogP contribution in [-0.4, -0.2) is 115 Å². The van der Waals surface area contributed by atoms with Gasteiger partial charge >= 0.3 is 6.09 Å². The number of piperidine rings is 1. The second-order valence-electron chi connectivity index (χ2n) is 14.5. The molecular formula is C37H45ClN10O5. The number of amides is 4. The number of hydrogen-bond donors (Lipinski definition) is 2. The molecule has 53 heavy (non-hydrogen) atoms. The van der Waals surface area contributed by atoms with Crippen LogP contribution in [0, 0.1) is 12.8 Å². The molecule has 0 radical (unpaired) electrons. The Morgan fingerprint density at radius 2 is 1.55 bits per heavy atom. The van der Waals surface area contributed by atoms with Gasteiger partial charge in [-0.2, -0.15) is 5.10 Å². The molecule has 4 aromatic rings. The highest BCUT2D eigenvalue weighted by atomic mass is 35.5. The lowest BCUT2D eigenvalue weighted by Gasteiger charge is -2.38. The topological polar surface area (TPSA) is 160 Å². The van der Waals surface area contributed by atoms with Crippen molar-refractivity contribution >= 4 is 46.8 Å². The first-order chi connectivity index (χ1) is 25.2. The van der Waals surface area contributed by atoms with E-state index in [1.807, 2.05) is 11.8 Å². The molecule has 0 spiro atoms. The zero-order chi connectivity index (χ0) is 38.0. The molecule has 6 rings (SSSR count). The molecule has 0 atom stereocenters. The minimum atomic E-state index is -0.623. The molecule has 2 aliphatic rings. The van der Waals surface area contributed by atoms with Gasteiger partial charge in [-0.3, -0.25) is 19.7 Å². The summed E-state index contributed by atoms with van der Waals surface area (Å²) in [5, 5.41) is 10.3. The first-order valence-corrected chi connectivity index (χ1v) is 18.0. The summed E-state index contributed by atoms with van der Waals surface area (Å²) in [6.07, 6.45) is 6.06. The fourth-order valence-corrected chi connectivity index (χ4v) is 6.75. The molecule has 2 N–H and O–H groups in total. The van der Waals surface area contributed by atoms with Crippen LogP contribution in [0.3, 0.4) is 0 Å². The van der Waals surface area contributed by atoms with Gasteiger partial charge in [0.2, 0.25) is 5.91 Å². The maximum absolute atomic E-state index is 13.4. The summed E-state index contributed by atoms with van der Waals surface area (Å²) in [5.74, 6) is 0.242. The van der Waals surface area contributed by atoms with Gasteiger partial charge in [-0.1, -0.05) is 11.6 Å². The Bertz CT molecular complexity index is 2000. The van der Waals surface area contributed by atoms with Crippen LogP contribution in [-0.2, 0) is 16.6 Å². The van der Waals surface area contributed by atoms with Crippen LogP contribution in [0.5, 0.6) is 0 Å². The SMILES string of the molecule is Cc1nn(-c2ccc(NC(=O)OC(C)(C)C)cn2)cc1-c1cnc(C(=O)Nc2ccc(C(=O)N3CCN(C(=O)C4CCN(C)CC4)CC3)c(Cl)c2)n1C. The van der Waals surface area contributed by atoms with E-state index in [1.165, 1.54) is 6.20 Å². The molecule has 16 heteroatoms. The molecule has 3 aromatic heterocycles. The van der Waals surface area contributed by atoms with E-state index < -0.39 is 17.6 Å².